The molecule has 3 heterocycles. The van der Waals surface area contributed by atoms with Gasteiger partial charge in [0.15, 0.2) is 0 Å². The molecule has 8 heteroatoms. The molecule has 34 heavy (non-hydrogen) atoms. The van der Waals surface area contributed by atoms with Gasteiger partial charge in [-0.3, -0.25) is 14.4 Å². The number of nitrogens with one attached hydrogen (secondary N) is 2. The summed E-state index contributed by atoms with van der Waals surface area (Å²) in [6.07, 6.45) is 16.1. The molecule has 1 saturated carbocycles. The normalized spacial score (nSPS) is 32.0. The van der Waals surface area contributed by atoms with E-state index in [9.17, 15) is 14.4 Å². The summed E-state index contributed by atoms with van der Waals surface area (Å²) in [5.74, 6) is 0.260. The van der Waals surface area contributed by atoms with Crippen molar-refractivity contribution >= 4 is 17.8 Å². The van der Waals surface area contributed by atoms with Crippen molar-refractivity contribution in [2.24, 2.45) is 17.8 Å². The number of amides is 2. The molecule has 190 valence electrons. The van der Waals surface area contributed by atoms with Crippen molar-refractivity contribution in [2.75, 3.05) is 13.1 Å². The zero-order chi connectivity index (χ0) is 23.9. The molecule has 4 aliphatic rings. The van der Waals surface area contributed by atoms with Crippen molar-refractivity contribution in [3.63, 3.8) is 0 Å². The highest BCUT2D eigenvalue weighted by molar-refractivity contribution is 5.84. The smallest absolute Gasteiger partial charge is 0.303 e. The van der Waals surface area contributed by atoms with Gasteiger partial charge in [-0.2, -0.15) is 0 Å². The van der Waals surface area contributed by atoms with E-state index in [1.807, 2.05) is 6.08 Å². The zero-order valence-electron chi connectivity index (χ0n) is 20.1. The van der Waals surface area contributed by atoms with Crippen molar-refractivity contribution < 1.29 is 29.0 Å². The molecule has 0 aromatic rings. The molecule has 0 spiro atoms. The van der Waals surface area contributed by atoms with Gasteiger partial charge in [-0.25, -0.2) is 0 Å². The molecule has 1 aliphatic carbocycles. The topological polar surface area (TPSA) is 117 Å². The first-order chi connectivity index (χ1) is 16.5. The van der Waals surface area contributed by atoms with Gasteiger partial charge in [0.25, 0.3) is 0 Å². The van der Waals surface area contributed by atoms with Gasteiger partial charge >= 0.3 is 5.97 Å². The molecule has 3 aliphatic heterocycles. The fraction of sp³-hybridized carbons (Fsp3) is 0.808. The fourth-order valence-electron chi connectivity index (χ4n) is 6.08. The van der Waals surface area contributed by atoms with Gasteiger partial charge in [-0.05, 0) is 43.9 Å². The molecule has 4 fully saturated rings. The summed E-state index contributed by atoms with van der Waals surface area (Å²) in [6, 6.07) is 0. The van der Waals surface area contributed by atoms with Crippen LogP contribution in [0.5, 0.6) is 0 Å². The van der Waals surface area contributed by atoms with Crippen LogP contribution >= 0.6 is 0 Å². The van der Waals surface area contributed by atoms with Crippen LogP contribution in [0.25, 0.3) is 0 Å². The van der Waals surface area contributed by atoms with Crippen LogP contribution in [-0.4, -0.2) is 60.4 Å². The Morgan fingerprint density at radius 1 is 0.824 bits per heavy atom. The van der Waals surface area contributed by atoms with E-state index in [1.165, 1.54) is 32.1 Å². The Morgan fingerprint density at radius 3 is 2.32 bits per heavy atom. The van der Waals surface area contributed by atoms with E-state index in [0.29, 0.717) is 19.4 Å². The Balaban J connectivity index is 1.12. The summed E-state index contributed by atoms with van der Waals surface area (Å²) >= 11 is 0. The van der Waals surface area contributed by atoms with E-state index in [1.54, 1.807) is 0 Å². The maximum Gasteiger partial charge on any atom is 0.303 e. The first-order valence-electron chi connectivity index (χ1n) is 13.2. The number of epoxide rings is 1. The number of ether oxygens (including phenoxy) is 2. The predicted octanol–water partition coefficient (Wildman–Crippen LogP) is 2.95. The SMILES string of the molecule is O=C(O)CCC/C=C\C[C@H]1[C@@H](CNC(=O)CNC(=O)CCCC2CCCCC2)[C@@H]2O[C@H]1[C@@H]1O[C@@H]12. The van der Waals surface area contributed by atoms with Gasteiger partial charge in [0, 0.05) is 25.3 Å². The third-order valence-electron chi connectivity index (χ3n) is 7.98. The van der Waals surface area contributed by atoms with Crippen LogP contribution in [0, 0.1) is 17.8 Å². The molecular weight excluding hydrogens is 436 g/mol. The Morgan fingerprint density at radius 2 is 1.56 bits per heavy atom. The van der Waals surface area contributed by atoms with Gasteiger partial charge in [0.05, 0.1) is 18.8 Å². The summed E-state index contributed by atoms with van der Waals surface area (Å²) in [6.45, 7) is 0.530. The molecule has 8 nitrogen and oxygen atoms in total. The first-order valence-corrected chi connectivity index (χ1v) is 13.2. The van der Waals surface area contributed by atoms with Crippen molar-refractivity contribution in [3.8, 4) is 0 Å². The number of unbranched alkanes of at least 4 members (excludes halogenated alkanes) is 1. The van der Waals surface area contributed by atoms with Gasteiger partial charge in [-0.15, -0.1) is 0 Å². The van der Waals surface area contributed by atoms with Crippen LogP contribution in [0.1, 0.15) is 77.0 Å². The lowest BCUT2D eigenvalue weighted by Gasteiger charge is -2.25. The van der Waals surface area contributed by atoms with Gasteiger partial charge in [-0.1, -0.05) is 44.3 Å². The average molecular weight is 477 g/mol. The summed E-state index contributed by atoms with van der Waals surface area (Å²) < 4.78 is 11.9. The molecule has 0 aromatic heterocycles. The maximum absolute atomic E-state index is 12.4. The van der Waals surface area contributed by atoms with Crippen molar-refractivity contribution in [3.05, 3.63) is 12.2 Å². The minimum absolute atomic E-state index is 0.0145. The molecule has 2 amide bonds. The number of hydrogen-bond donors (Lipinski definition) is 3. The van der Waals surface area contributed by atoms with Crippen LogP contribution < -0.4 is 10.6 Å². The van der Waals surface area contributed by atoms with Crippen LogP contribution in [0.2, 0.25) is 0 Å². The number of fused-ring (bicyclic) bond motifs is 5. The van der Waals surface area contributed by atoms with Crippen LogP contribution in [0.15, 0.2) is 12.2 Å². The molecule has 0 radical (unpaired) electrons. The van der Waals surface area contributed by atoms with Gasteiger partial charge in [0.1, 0.15) is 12.2 Å². The number of allylic oxidation sites excluding steroid dienone is 2. The van der Waals surface area contributed by atoms with Gasteiger partial charge in [0.2, 0.25) is 11.8 Å². The van der Waals surface area contributed by atoms with E-state index < -0.39 is 5.97 Å². The van der Waals surface area contributed by atoms with E-state index in [4.69, 9.17) is 14.6 Å². The molecule has 0 aromatic carbocycles. The van der Waals surface area contributed by atoms with Gasteiger partial charge < -0.3 is 25.2 Å². The Kier molecular flexibility index (Phi) is 9.00. The van der Waals surface area contributed by atoms with E-state index in [0.717, 1.165) is 31.6 Å². The maximum atomic E-state index is 12.4. The van der Waals surface area contributed by atoms with Crippen LogP contribution in [0.4, 0.5) is 0 Å². The number of hydrogen-bond acceptors (Lipinski definition) is 5. The van der Waals surface area contributed by atoms with Crippen LogP contribution in [-0.2, 0) is 23.9 Å². The third-order valence-corrected chi connectivity index (χ3v) is 7.98. The standard InChI is InChI=1S/C26H40N2O6/c29-20(13-8-11-17-9-4-3-5-10-17)28-16-21(30)27-15-19-18(12-6-1-2-7-14-22(31)32)23-25-26(34-25)24(19)33-23/h1,6,17-19,23-26H,2-5,7-16H2,(H,27,30)(H,28,29)(H,31,32)/b6-1-/t18-,19+,23+,24-,25-,26+/m0/s1. The van der Waals surface area contributed by atoms with E-state index in [2.05, 4.69) is 16.7 Å². The molecule has 4 rings (SSSR count). The highest BCUT2D eigenvalue weighted by atomic mass is 16.7. The van der Waals surface area contributed by atoms with Crippen molar-refractivity contribution in [2.45, 2.75) is 101 Å². The lowest BCUT2D eigenvalue weighted by molar-refractivity contribution is -0.137. The van der Waals surface area contributed by atoms with Crippen molar-refractivity contribution in [1.82, 2.24) is 10.6 Å². The largest absolute Gasteiger partial charge is 0.481 e. The second-order valence-electron chi connectivity index (χ2n) is 10.4. The zero-order valence-corrected chi connectivity index (χ0v) is 20.1. The molecular formula is C26H40N2O6. The number of aliphatic carboxylic acids is 1. The molecule has 0 unspecified atom stereocenters. The Bertz CT molecular complexity index is 750. The molecule has 2 bridgehead atoms. The number of carboxylic acids is 1. The van der Waals surface area contributed by atoms with E-state index in [-0.39, 0.29) is 61.0 Å². The highest BCUT2D eigenvalue weighted by Gasteiger charge is 2.68. The second kappa shape index (κ2) is 12.2. The van der Waals surface area contributed by atoms with E-state index >= 15 is 0 Å². The second-order valence-corrected chi connectivity index (χ2v) is 10.4. The number of rotatable bonds is 14. The quantitative estimate of drug-likeness (QED) is 0.202. The number of carbonyl (C=O) groups excluding carboxylic acids is 2. The average Bonchev–Trinajstić information content (AvgIpc) is 3.45. The Hall–Kier alpha value is -1.93. The fourth-order valence-corrected chi connectivity index (χ4v) is 6.08. The molecule has 3 N–H and O–H groups in total. The number of carboxylic acid groups (broad SMARTS) is 1. The summed E-state index contributed by atoms with van der Waals surface area (Å²) in [5.41, 5.74) is 0. The predicted molar refractivity (Wildman–Crippen MR) is 126 cm³/mol. The number of carbonyl (C=O) groups is 3. The Labute approximate surface area is 202 Å². The summed E-state index contributed by atoms with van der Waals surface area (Å²) in [5, 5.41) is 14.5. The van der Waals surface area contributed by atoms with Crippen molar-refractivity contribution in [1.29, 1.82) is 0 Å². The molecule has 3 saturated heterocycles. The monoisotopic (exact) mass is 476 g/mol. The summed E-state index contributed by atoms with van der Waals surface area (Å²) in [7, 11) is 0. The minimum Gasteiger partial charge on any atom is -0.481 e. The van der Waals surface area contributed by atoms with Crippen LogP contribution in [0.3, 0.4) is 0 Å². The highest BCUT2D eigenvalue weighted by Crippen LogP contribution is 2.54. The summed E-state index contributed by atoms with van der Waals surface area (Å²) in [4.78, 5) is 35.1. The lowest BCUT2D eigenvalue weighted by Crippen LogP contribution is -2.44. The minimum atomic E-state index is -0.765. The lowest BCUT2D eigenvalue weighted by atomic mass is 9.77. The first kappa shape index (κ1) is 25.2. The molecule has 6 atom stereocenters. The third kappa shape index (κ3) is 6.81.